The summed E-state index contributed by atoms with van der Waals surface area (Å²) in [7, 11) is 0. The second-order valence-corrected chi connectivity index (χ2v) is 4.77. The predicted molar refractivity (Wildman–Crippen MR) is 71.8 cm³/mol. The van der Waals surface area contributed by atoms with Gasteiger partial charge in [0.2, 0.25) is 12.3 Å². The van der Waals surface area contributed by atoms with E-state index < -0.39 is 0 Å². The normalized spacial score (nSPS) is 15.3. The Morgan fingerprint density at radius 2 is 2.37 bits per heavy atom. The molecule has 1 aliphatic rings. The average Bonchev–Trinajstić information content (AvgIpc) is 2.93. The molecule has 3 rings (SSSR count). The van der Waals surface area contributed by atoms with Crippen molar-refractivity contribution in [2.24, 2.45) is 0 Å². The smallest absolute Gasteiger partial charge is 0.220 e. The SMILES string of the molecule is Clc1cc(Cc2nnco2)cnc1C1=CCNCC1. The summed E-state index contributed by atoms with van der Waals surface area (Å²) in [4.78, 5) is 4.46. The molecule has 0 atom stereocenters. The van der Waals surface area contributed by atoms with Crippen molar-refractivity contribution in [2.45, 2.75) is 12.8 Å². The van der Waals surface area contributed by atoms with Gasteiger partial charge in [-0.1, -0.05) is 17.7 Å². The molecule has 2 aromatic heterocycles. The van der Waals surface area contributed by atoms with Gasteiger partial charge in [0.05, 0.1) is 17.1 Å². The lowest BCUT2D eigenvalue weighted by Crippen LogP contribution is -2.20. The Kier molecular flexibility index (Phi) is 3.57. The second kappa shape index (κ2) is 5.50. The summed E-state index contributed by atoms with van der Waals surface area (Å²) in [6.45, 7) is 1.84. The Hall–Kier alpha value is -1.72. The van der Waals surface area contributed by atoms with Gasteiger partial charge in [-0.15, -0.1) is 10.2 Å². The highest BCUT2D eigenvalue weighted by molar-refractivity contribution is 6.32. The summed E-state index contributed by atoms with van der Waals surface area (Å²) < 4.78 is 5.11. The van der Waals surface area contributed by atoms with Crippen LogP contribution in [0.1, 0.15) is 23.6 Å². The van der Waals surface area contributed by atoms with E-state index in [1.54, 1.807) is 0 Å². The van der Waals surface area contributed by atoms with Crippen molar-refractivity contribution < 1.29 is 4.42 Å². The van der Waals surface area contributed by atoms with Gasteiger partial charge in [-0.3, -0.25) is 4.98 Å². The largest absolute Gasteiger partial charge is 0.428 e. The van der Waals surface area contributed by atoms with Gasteiger partial charge in [-0.05, 0) is 30.2 Å². The van der Waals surface area contributed by atoms with E-state index >= 15 is 0 Å². The second-order valence-electron chi connectivity index (χ2n) is 4.37. The molecule has 0 aliphatic carbocycles. The highest BCUT2D eigenvalue weighted by Gasteiger charge is 2.12. The first-order valence-corrected chi connectivity index (χ1v) is 6.50. The number of hydrogen-bond donors (Lipinski definition) is 1. The molecule has 0 fully saturated rings. The molecule has 5 nitrogen and oxygen atoms in total. The van der Waals surface area contributed by atoms with E-state index in [1.807, 2.05) is 12.3 Å². The molecule has 0 saturated carbocycles. The van der Waals surface area contributed by atoms with Crippen molar-refractivity contribution in [3.8, 4) is 0 Å². The number of nitrogens with one attached hydrogen (secondary N) is 1. The minimum absolute atomic E-state index is 0.549. The van der Waals surface area contributed by atoms with Crippen LogP contribution in [0.4, 0.5) is 0 Å². The van der Waals surface area contributed by atoms with Gasteiger partial charge >= 0.3 is 0 Å². The molecule has 6 heteroatoms. The minimum atomic E-state index is 0.549. The Morgan fingerprint density at radius 3 is 3.05 bits per heavy atom. The molecule has 1 aliphatic heterocycles. The molecule has 0 aromatic carbocycles. The Balaban J connectivity index is 1.83. The van der Waals surface area contributed by atoms with E-state index in [0.717, 1.165) is 30.8 Å². The Bertz CT molecular complexity index is 595. The number of halogens is 1. The van der Waals surface area contributed by atoms with E-state index in [1.165, 1.54) is 12.0 Å². The van der Waals surface area contributed by atoms with E-state index in [4.69, 9.17) is 16.0 Å². The lowest BCUT2D eigenvalue weighted by molar-refractivity contribution is 0.504. The quantitative estimate of drug-likeness (QED) is 0.930. The summed E-state index contributed by atoms with van der Waals surface area (Å²) in [5.41, 5.74) is 3.04. The van der Waals surface area contributed by atoms with Gasteiger partial charge in [0.15, 0.2) is 0 Å². The zero-order valence-electron chi connectivity index (χ0n) is 10.3. The fraction of sp³-hybridized carbons (Fsp3) is 0.308. The van der Waals surface area contributed by atoms with Crippen molar-refractivity contribution in [1.82, 2.24) is 20.5 Å². The molecule has 0 saturated heterocycles. The highest BCUT2D eigenvalue weighted by atomic mass is 35.5. The van der Waals surface area contributed by atoms with Crippen molar-refractivity contribution in [2.75, 3.05) is 13.1 Å². The predicted octanol–water partition coefficient (Wildman–Crippen LogP) is 2.09. The van der Waals surface area contributed by atoms with Crippen LogP contribution in [-0.2, 0) is 6.42 Å². The van der Waals surface area contributed by atoms with Crippen LogP contribution in [0, 0.1) is 0 Å². The number of nitrogens with zero attached hydrogens (tertiary/aromatic N) is 3. The van der Waals surface area contributed by atoms with Crippen LogP contribution in [0.3, 0.4) is 0 Å². The molecule has 0 unspecified atom stereocenters. The van der Waals surface area contributed by atoms with Crippen molar-refractivity contribution in [3.63, 3.8) is 0 Å². The maximum atomic E-state index is 6.31. The van der Waals surface area contributed by atoms with E-state index in [0.29, 0.717) is 17.3 Å². The van der Waals surface area contributed by atoms with Crippen molar-refractivity contribution in [3.05, 3.63) is 46.9 Å². The molecule has 19 heavy (non-hydrogen) atoms. The summed E-state index contributed by atoms with van der Waals surface area (Å²) >= 11 is 6.31. The molecule has 1 N–H and O–H groups in total. The maximum Gasteiger partial charge on any atom is 0.220 e. The molecular formula is C13H13ClN4O. The van der Waals surface area contributed by atoms with E-state index in [2.05, 4.69) is 26.6 Å². The van der Waals surface area contributed by atoms with Crippen LogP contribution in [0.25, 0.3) is 5.57 Å². The van der Waals surface area contributed by atoms with Crippen molar-refractivity contribution >= 4 is 17.2 Å². The maximum absolute atomic E-state index is 6.31. The first-order chi connectivity index (χ1) is 9.33. The van der Waals surface area contributed by atoms with Crippen LogP contribution in [-0.4, -0.2) is 28.3 Å². The molecule has 2 aromatic rings. The first-order valence-electron chi connectivity index (χ1n) is 6.12. The van der Waals surface area contributed by atoms with Crippen LogP contribution in [0.5, 0.6) is 0 Å². The number of hydrogen-bond acceptors (Lipinski definition) is 5. The lowest BCUT2D eigenvalue weighted by Gasteiger charge is -2.14. The summed E-state index contributed by atoms with van der Waals surface area (Å²) in [5, 5.41) is 11.4. The Labute approximate surface area is 115 Å². The number of pyridine rings is 1. The summed E-state index contributed by atoms with van der Waals surface area (Å²) in [6, 6.07) is 1.91. The fourth-order valence-electron chi connectivity index (χ4n) is 2.10. The summed E-state index contributed by atoms with van der Waals surface area (Å²) in [5.74, 6) is 0.562. The third kappa shape index (κ3) is 2.83. The fourth-order valence-corrected chi connectivity index (χ4v) is 2.41. The molecule has 3 heterocycles. The average molecular weight is 277 g/mol. The molecule has 0 spiro atoms. The summed E-state index contributed by atoms with van der Waals surface area (Å²) in [6.07, 6.45) is 6.77. The van der Waals surface area contributed by atoms with E-state index in [-0.39, 0.29) is 0 Å². The van der Waals surface area contributed by atoms with Gasteiger partial charge in [-0.25, -0.2) is 0 Å². The van der Waals surface area contributed by atoms with Gasteiger partial charge in [-0.2, -0.15) is 0 Å². The standard InChI is InChI=1S/C13H13ClN4O/c14-11-5-9(6-12-18-17-8-19-12)7-16-13(11)10-1-3-15-4-2-10/h1,5,7-8,15H,2-4,6H2. The van der Waals surface area contributed by atoms with E-state index in [9.17, 15) is 0 Å². The first kappa shape index (κ1) is 12.3. The zero-order chi connectivity index (χ0) is 13.1. The van der Waals surface area contributed by atoms with Gasteiger partial charge in [0.25, 0.3) is 0 Å². The van der Waals surface area contributed by atoms with Crippen LogP contribution >= 0.6 is 11.6 Å². The highest BCUT2D eigenvalue weighted by Crippen LogP contribution is 2.26. The van der Waals surface area contributed by atoms with Gasteiger partial charge in [0, 0.05) is 12.7 Å². The lowest BCUT2D eigenvalue weighted by atomic mass is 10.0. The monoisotopic (exact) mass is 276 g/mol. The van der Waals surface area contributed by atoms with Crippen molar-refractivity contribution in [1.29, 1.82) is 0 Å². The molecular weight excluding hydrogens is 264 g/mol. The van der Waals surface area contributed by atoms with Crippen LogP contribution in [0.15, 0.2) is 29.2 Å². The molecule has 0 bridgehead atoms. The molecule has 0 amide bonds. The van der Waals surface area contributed by atoms with Gasteiger partial charge in [0.1, 0.15) is 0 Å². The topological polar surface area (TPSA) is 63.8 Å². The zero-order valence-corrected chi connectivity index (χ0v) is 11.0. The Morgan fingerprint density at radius 1 is 1.42 bits per heavy atom. The molecule has 98 valence electrons. The third-order valence-electron chi connectivity index (χ3n) is 3.03. The minimum Gasteiger partial charge on any atom is -0.428 e. The van der Waals surface area contributed by atoms with Gasteiger partial charge < -0.3 is 9.73 Å². The van der Waals surface area contributed by atoms with Crippen LogP contribution < -0.4 is 5.32 Å². The molecule has 0 radical (unpaired) electrons. The number of rotatable bonds is 3. The third-order valence-corrected chi connectivity index (χ3v) is 3.31. The number of aromatic nitrogens is 3. The van der Waals surface area contributed by atoms with Crippen LogP contribution in [0.2, 0.25) is 5.02 Å².